The Morgan fingerprint density at radius 2 is 1.67 bits per heavy atom. The summed E-state index contributed by atoms with van der Waals surface area (Å²) in [6, 6.07) is 14.6. The Balaban J connectivity index is 1.92. The van der Waals surface area contributed by atoms with Crippen LogP contribution in [-0.2, 0) is 16.1 Å². The Bertz CT molecular complexity index is 840. The van der Waals surface area contributed by atoms with Gasteiger partial charge in [0.2, 0.25) is 0 Å². The number of carbonyl (C=O) groups is 2. The van der Waals surface area contributed by atoms with E-state index < -0.39 is 5.91 Å². The molecule has 2 amide bonds. The van der Waals surface area contributed by atoms with Gasteiger partial charge in [0.05, 0.1) is 19.2 Å². The molecular formula is C19H16ClNO3. The van der Waals surface area contributed by atoms with E-state index in [9.17, 15) is 9.59 Å². The maximum absolute atomic E-state index is 12.7. The summed E-state index contributed by atoms with van der Waals surface area (Å²) in [7, 11) is 1.55. The van der Waals surface area contributed by atoms with Gasteiger partial charge in [0.25, 0.3) is 11.8 Å². The molecule has 0 saturated heterocycles. The van der Waals surface area contributed by atoms with Gasteiger partial charge in [0.15, 0.2) is 0 Å². The Morgan fingerprint density at radius 3 is 2.33 bits per heavy atom. The third-order valence-electron chi connectivity index (χ3n) is 3.97. The predicted molar refractivity (Wildman–Crippen MR) is 92.5 cm³/mol. The number of hydrogen-bond acceptors (Lipinski definition) is 3. The molecule has 0 N–H and O–H groups in total. The first kappa shape index (κ1) is 16.3. The van der Waals surface area contributed by atoms with Crippen molar-refractivity contribution in [2.75, 3.05) is 7.11 Å². The molecule has 1 heterocycles. The van der Waals surface area contributed by atoms with E-state index in [2.05, 4.69) is 0 Å². The van der Waals surface area contributed by atoms with Crippen LogP contribution in [0.15, 0.2) is 53.6 Å². The van der Waals surface area contributed by atoms with Crippen LogP contribution in [0.2, 0.25) is 0 Å². The van der Waals surface area contributed by atoms with Gasteiger partial charge in [-0.1, -0.05) is 59.6 Å². The Labute approximate surface area is 145 Å². The maximum atomic E-state index is 12.7. The van der Waals surface area contributed by atoms with E-state index in [4.69, 9.17) is 16.3 Å². The minimum absolute atomic E-state index is 0.0428. The summed E-state index contributed by atoms with van der Waals surface area (Å²) in [5.74, 6) is -0.249. The molecule has 2 aromatic rings. The highest BCUT2D eigenvalue weighted by atomic mass is 35.5. The van der Waals surface area contributed by atoms with Crippen molar-refractivity contribution in [3.63, 3.8) is 0 Å². The van der Waals surface area contributed by atoms with Crippen LogP contribution in [0.4, 0.5) is 0 Å². The zero-order valence-electron chi connectivity index (χ0n) is 13.4. The van der Waals surface area contributed by atoms with Crippen LogP contribution in [0, 0.1) is 6.92 Å². The second-order valence-corrected chi connectivity index (χ2v) is 5.94. The molecule has 0 aliphatic carbocycles. The molecule has 24 heavy (non-hydrogen) atoms. The summed E-state index contributed by atoms with van der Waals surface area (Å²) in [5.41, 5.74) is 2.71. The van der Waals surface area contributed by atoms with Gasteiger partial charge < -0.3 is 4.74 Å². The van der Waals surface area contributed by atoms with Crippen molar-refractivity contribution in [1.82, 2.24) is 4.90 Å². The predicted octanol–water partition coefficient (Wildman–Crippen LogP) is 3.52. The molecule has 122 valence electrons. The number of hydrogen-bond donors (Lipinski definition) is 0. The summed E-state index contributed by atoms with van der Waals surface area (Å²) in [6.07, 6.45) is 0. The van der Waals surface area contributed by atoms with Crippen molar-refractivity contribution in [1.29, 1.82) is 0 Å². The average Bonchev–Trinajstić information content (AvgIpc) is 2.80. The molecule has 1 aliphatic heterocycles. The van der Waals surface area contributed by atoms with E-state index in [0.717, 1.165) is 16.0 Å². The minimum atomic E-state index is -0.483. The highest BCUT2D eigenvalue weighted by molar-refractivity contribution is 6.55. The van der Waals surface area contributed by atoms with Gasteiger partial charge in [-0.3, -0.25) is 14.5 Å². The summed E-state index contributed by atoms with van der Waals surface area (Å²) in [6.45, 7) is 2.07. The Kier molecular flexibility index (Phi) is 4.40. The van der Waals surface area contributed by atoms with E-state index in [0.29, 0.717) is 11.3 Å². The van der Waals surface area contributed by atoms with Crippen LogP contribution in [0.25, 0.3) is 5.57 Å². The van der Waals surface area contributed by atoms with Gasteiger partial charge in [-0.05, 0) is 18.6 Å². The van der Waals surface area contributed by atoms with Crippen molar-refractivity contribution in [3.8, 4) is 5.75 Å². The number of carbonyl (C=O) groups excluding carboxylic acids is 2. The number of benzene rings is 2. The third kappa shape index (κ3) is 2.81. The highest BCUT2D eigenvalue weighted by Gasteiger charge is 2.38. The number of amides is 2. The molecule has 0 spiro atoms. The molecule has 2 aromatic carbocycles. The number of ether oxygens (including phenoxy) is 1. The van der Waals surface area contributed by atoms with E-state index in [-0.39, 0.29) is 23.1 Å². The van der Waals surface area contributed by atoms with Crippen molar-refractivity contribution in [2.24, 2.45) is 0 Å². The van der Waals surface area contributed by atoms with Crippen LogP contribution in [0.5, 0.6) is 5.75 Å². The number of nitrogens with zero attached hydrogens (tertiary/aromatic N) is 1. The fraction of sp³-hybridized carbons (Fsp3) is 0.158. The van der Waals surface area contributed by atoms with Crippen LogP contribution in [0.1, 0.15) is 16.7 Å². The number of halogens is 1. The van der Waals surface area contributed by atoms with Gasteiger partial charge in [-0.25, -0.2) is 0 Å². The zero-order chi connectivity index (χ0) is 17.3. The minimum Gasteiger partial charge on any atom is -0.496 e. The van der Waals surface area contributed by atoms with Gasteiger partial charge >= 0.3 is 0 Å². The van der Waals surface area contributed by atoms with E-state index >= 15 is 0 Å². The van der Waals surface area contributed by atoms with Gasteiger partial charge in [-0.15, -0.1) is 0 Å². The molecule has 0 radical (unpaired) electrons. The molecule has 0 fully saturated rings. The molecule has 0 atom stereocenters. The second-order valence-electron chi connectivity index (χ2n) is 5.56. The first-order chi connectivity index (χ1) is 11.5. The van der Waals surface area contributed by atoms with Crippen LogP contribution in [0.3, 0.4) is 0 Å². The lowest BCUT2D eigenvalue weighted by Crippen LogP contribution is -2.30. The van der Waals surface area contributed by atoms with Crippen LogP contribution < -0.4 is 4.74 Å². The second kappa shape index (κ2) is 6.49. The lowest BCUT2D eigenvalue weighted by Gasteiger charge is -2.16. The van der Waals surface area contributed by atoms with Crippen molar-refractivity contribution >= 4 is 29.0 Å². The van der Waals surface area contributed by atoms with Crippen LogP contribution in [-0.4, -0.2) is 23.8 Å². The monoisotopic (exact) mass is 341 g/mol. The first-order valence-electron chi connectivity index (χ1n) is 7.48. The molecule has 0 saturated carbocycles. The average molecular weight is 342 g/mol. The lowest BCUT2D eigenvalue weighted by atomic mass is 10.0. The largest absolute Gasteiger partial charge is 0.496 e. The number of para-hydroxylation sites is 1. The van der Waals surface area contributed by atoms with Crippen molar-refractivity contribution < 1.29 is 14.3 Å². The Hall–Kier alpha value is -2.59. The molecule has 5 heteroatoms. The van der Waals surface area contributed by atoms with E-state index in [1.807, 2.05) is 37.3 Å². The maximum Gasteiger partial charge on any atom is 0.273 e. The summed E-state index contributed by atoms with van der Waals surface area (Å²) in [5, 5.41) is -0.0428. The molecule has 0 aromatic heterocycles. The number of aryl methyl sites for hydroxylation is 1. The topological polar surface area (TPSA) is 46.6 Å². The normalized spacial score (nSPS) is 14.5. The molecule has 4 nitrogen and oxygen atoms in total. The van der Waals surface area contributed by atoms with E-state index in [1.54, 1.807) is 25.3 Å². The lowest BCUT2D eigenvalue weighted by molar-refractivity contribution is -0.137. The summed E-state index contributed by atoms with van der Waals surface area (Å²) < 4.78 is 5.28. The molecule has 0 unspecified atom stereocenters. The fourth-order valence-corrected chi connectivity index (χ4v) is 2.96. The van der Waals surface area contributed by atoms with Gasteiger partial charge in [0, 0.05) is 5.56 Å². The molecule has 0 bridgehead atoms. The first-order valence-corrected chi connectivity index (χ1v) is 7.85. The SMILES string of the molecule is COc1ccccc1CN1C(=O)C(Cl)=C(c2ccc(C)cc2)C1=O. The van der Waals surface area contributed by atoms with Gasteiger partial charge in [-0.2, -0.15) is 0 Å². The van der Waals surface area contributed by atoms with Crippen LogP contribution >= 0.6 is 11.6 Å². The zero-order valence-corrected chi connectivity index (χ0v) is 14.1. The molecular weight excluding hydrogens is 326 g/mol. The van der Waals surface area contributed by atoms with Crippen molar-refractivity contribution in [2.45, 2.75) is 13.5 Å². The van der Waals surface area contributed by atoms with Gasteiger partial charge in [0.1, 0.15) is 10.8 Å². The third-order valence-corrected chi connectivity index (χ3v) is 4.32. The summed E-state index contributed by atoms with van der Waals surface area (Å²) in [4.78, 5) is 26.3. The van der Waals surface area contributed by atoms with Crippen molar-refractivity contribution in [3.05, 3.63) is 70.3 Å². The molecule has 1 aliphatic rings. The number of methoxy groups -OCH3 is 1. The summed E-state index contributed by atoms with van der Waals surface area (Å²) >= 11 is 6.17. The number of imide groups is 1. The van der Waals surface area contributed by atoms with E-state index in [1.165, 1.54) is 0 Å². The quantitative estimate of drug-likeness (QED) is 0.799. The standard InChI is InChI=1S/C19H16ClNO3/c1-12-7-9-13(10-8-12)16-17(20)19(23)21(18(16)22)11-14-5-3-4-6-15(14)24-2/h3-10H,11H2,1-2H3. The Morgan fingerprint density at radius 1 is 1.00 bits per heavy atom. The molecule has 3 rings (SSSR count). The number of rotatable bonds is 4. The smallest absolute Gasteiger partial charge is 0.273 e. The highest BCUT2D eigenvalue weighted by Crippen LogP contribution is 2.33. The fourth-order valence-electron chi connectivity index (χ4n) is 2.66.